The smallest absolute Gasteiger partial charge is 0.339 e. The molecule has 0 aliphatic carbocycles. The second kappa shape index (κ2) is 6.29. The lowest BCUT2D eigenvalue weighted by molar-refractivity contribution is 0.0695. The van der Waals surface area contributed by atoms with E-state index >= 15 is 0 Å². The Balaban J connectivity index is 2.53. The summed E-state index contributed by atoms with van der Waals surface area (Å²) in [5, 5.41) is 11.8. The Morgan fingerprint density at radius 3 is 2.82 bits per heavy atom. The van der Waals surface area contributed by atoms with Gasteiger partial charge in [0, 0.05) is 35.5 Å². The zero-order valence-corrected chi connectivity index (χ0v) is 10.6. The Bertz CT molecular complexity index is 437. The van der Waals surface area contributed by atoms with Crippen molar-refractivity contribution in [3.63, 3.8) is 0 Å². The van der Waals surface area contributed by atoms with Gasteiger partial charge in [0.05, 0.1) is 11.3 Å². The summed E-state index contributed by atoms with van der Waals surface area (Å²) < 4.78 is 10.8. The molecule has 0 saturated heterocycles. The lowest BCUT2D eigenvalue weighted by Crippen LogP contribution is -2.11. The van der Waals surface area contributed by atoms with Gasteiger partial charge in [-0.2, -0.15) is 0 Å². The second-order valence-electron chi connectivity index (χ2n) is 3.56. The van der Waals surface area contributed by atoms with Gasteiger partial charge in [0.1, 0.15) is 0 Å². The van der Waals surface area contributed by atoms with Crippen molar-refractivity contribution in [2.24, 2.45) is 0 Å². The summed E-state index contributed by atoms with van der Waals surface area (Å²) in [6.45, 7) is 2.24. The van der Waals surface area contributed by atoms with E-state index in [4.69, 9.17) is 5.11 Å². The van der Waals surface area contributed by atoms with Crippen LogP contribution in [-0.2, 0) is 10.8 Å². The fourth-order valence-corrected chi connectivity index (χ4v) is 1.79. The van der Waals surface area contributed by atoms with Gasteiger partial charge in [0.2, 0.25) is 5.95 Å². The maximum Gasteiger partial charge on any atom is 0.339 e. The zero-order chi connectivity index (χ0) is 12.8. The molecular formula is C10H15N3O3S. The molecule has 0 amide bonds. The molecule has 1 atom stereocenters. The van der Waals surface area contributed by atoms with Gasteiger partial charge >= 0.3 is 5.97 Å². The first kappa shape index (κ1) is 13.6. The number of hydrogen-bond donors (Lipinski definition) is 2. The number of aromatic nitrogens is 2. The molecule has 2 N–H and O–H groups in total. The van der Waals surface area contributed by atoms with Gasteiger partial charge in [-0.05, 0) is 13.3 Å². The quantitative estimate of drug-likeness (QED) is 0.727. The van der Waals surface area contributed by atoms with Gasteiger partial charge in [0.25, 0.3) is 0 Å². The minimum Gasteiger partial charge on any atom is -0.478 e. The van der Waals surface area contributed by atoms with E-state index in [-0.39, 0.29) is 5.56 Å². The number of aryl methyl sites for hydroxylation is 1. The van der Waals surface area contributed by atoms with Crippen molar-refractivity contribution in [1.29, 1.82) is 0 Å². The molecule has 0 aromatic carbocycles. The van der Waals surface area contributed by atoms with Crippen LogP contribution in [0.2, 0.25) is 0 Å². The Morgan fingerprint density at radius 2 is 2.29 bits per heavy atom. The SMILES string of the molecule is Cc1nc(NCCCS(C)=O)ncc1C(=O)O. The number of anilines is 1. The maximum absolute atomic E-state index is 10.8. The zero-order valence-electron chi connectivity index (χ0n) is 9.77. The van der Waals surface area contributed by atoms with Gasteiger partial charge in [-0.3, -0.25) is 4.21 Å². The molecule has 6 nitrogen and oxygen atoms in total. The molecule has 94 valence electrons. The van der Waals surface area contributed by atoms with Crippen LogP contribution in [0.5, 0.6) is 0 Å². The van der Waals surface area contributed by atoms with E-state index in [1.54, 1.807) is 13.2 Å². The topological polar surface area (TPSA) is 92.2 Å². The Morgan fingerprint density at radius 1 is 1.59 bits per heavy atom. The van der Waals surface area contributed by atoms with Crippen LogP contribution in [0.3, 0.4) is 0 Å². The molecule has 1 rings (SSSR count). The fourth-order valence-electron chi connectivity index (χ4n) is 1.24. The third kappa shape index (κ3) is 4.48. The summed E-state index contributed by atoms with van der Waals surface area (Å²) >= 11 is 0. The monoisotopic (exact) mass is 257 g/mol. The summed E-state index contributed by atoms with van der Waals surface area (Å²) in [5.74, 6) is -0.0102. The molecule has 17 heavy (non-hydrogen) atoms. The highest BCUT2D eigenvalue weighted by molar-refractivity contribution is 7.84. The first-order valence-corrected chi connectivity index (χ1v) is 6.84. The molecule has 1 aromatic rings. The van der Waals surface area contributed by atoms with Gasteiger partial charge in [0.15, 0.2) is 0 Å². The summed E-state index contributed by atoms with van der Waals surface area (Å²) in [5.41, 5.74) is 0.527. The van der Waals surface area contributed by atoms with E-state index in [1.165, 1.54) is 6.20 Å². The number of carboxylic acid groups (broad SMARTS) is 1. The normalized spacial score (nSPS) is 12.1. The highest BCUT2D eigenvalue weighted by atomic mass is 32.2. The number of rotatable bonds is 6. The van der Waals surface area contributed by atoms with Crippen molar-refractivity contribution >= 4 is 22.7 Å². The van der Waals surface area contributed by atoms with E-state index in [0.717, 1.165) is 6.42 Å². The number of aromatic carboxylic acids is 1. The third-order valence-corrected chi connectivity index (χ3v) is 2.97. The lowest BCUT2D eigenvalue weighted by Gasteiger charge is -2.05. The molecule has 0 aliphatic heterocycles. The number of nitrogens with zero attached hydrogens (tertiary/aromatic N) is 2. The molecule has 0 spiro atoms. The number of carbonyl (C=O) groups is 1. The molecule has 0 bridgehead atoms. The first-order valence-electron chi connectivity index (χ1n) is 5.11. The van der Waals surface area contributed by atoms with Crippen molar-refractivity contribution in [3.05, 3.63) is 17.5 Å². The van der Waals surface area contributed by atoms with Gasteiger partial charge in [-0.1, -0.05) is 0 Å². The molecule has 0 saturated carbocycles. The molecule has 1 heterocycles. The van der Waals surface area contributed by atoms with Crippen molar-refractivity contribution in [2.45, 2.75) is 13.3 Å². The van der Waals surface area contributed by atoms with Crippen LogP contribution in [0.4, 0.5) is 5.95 Å². The molecular weight excluding hydrogens is 242 g/mol. The standard InChI is InChI=1S/C10H15N3O3S/c1-7-8(9(14)15)6-12-10(13-7)11-4-3-5-17(2)16/h6H,3-5H2,1-2H3,(H,14,15)(H,11,12,13). The fraction of sp³-hybridized carbons (Fsp3) is 0.500. The van der Waals surface area contributed by atoms with Crippen LogP contribution in [0.25, 0.3) is 0 Å². The highest BCUT2D eigenvalue weighted by Gasteiger charge is 2.09. The molecule has 0 aliphatic rings. The van der Waals surface area contributed by atoms with Crippen molar-refractivity contribution in [2.75, 3.05) is 23.9 Å². The van der Waals surface area contributed by atoms with Crippen molar-refractivity contribution in [1.82, 2.24) is 9.97 Å². The molecule has 1 unspecified atom stereocenters. The summed E-state index contributed by atoms with van der Waals surface area (Å²) in [7, 11) is -0.796. The average Bonchev–Trinajstić information content (AvgIpc) is 2.23. The van der Waals surface area contributed by atoms with E-state index in [0.29, 0.717) is 23.9 Å². The number of hydrogen-bond acceptors (Lipinski definition) is 5. The highest BCUT2D eigenvalue weighted by Crippen LogP contribution is 2.06. The van der Waals surface area contributed by atoms with E-state index < -0.39 is 16.8 Å². The predicted octanol–water partition coefficient (Wildman–Crippen LogP) is 0.664. The van der Waals surface area contributed by atoms with Crippen LogP contribution in [0.15, 0.2) is 6.20 Å². The second-order valence-corrected chi connectivity index (χ2v) is 5.11. The van der Waals surface area contributed by atoms with E-state index in [9.17, 15) is 9.00 Å². The van der Waals surface area contributed by atoms with Crippen molar-refractivity contribution in [3.8, 4) is 0 Å². The largest absolute Gasteiger partial charge is 0.478 e. The Labute approximate surface area is 102 Å². The summed E-state index contributed by atoms with van der Waals surface area (Å²) in [6, 6.07) is 0. The molecule has 1 aromatic heterocycles. The van der Waals surface area contributed by atoms with Crippen molar-refractivity contribution < 1.29 is 14.1 Å². The number of nitrogens with one attached hydrogen (secondary N) is 1. The van der Waals surface area contributed by atoms with E-state index in [2.05, 4.69) is 15.3 Å². The minimum atomic E-state index is -1.03. The van der Waals surface area contributed by atoms with Crippen LogP contribution >= 0.6 is 0 Å². The first-order chi connectivity index (χ1) is 8.00. The van der Waals surface area contributed by atoms with Crippen LogP contribution in [0, 0.1) is 6.92 Å². The van der Waals surface area contributed by atoms with Crippen LogP contribution in [-0.4, -0.2) is 43.8 Å². The average molecular weight is 257 g/mol. The maximum atomic E-state index is 10.8. The summed E-state index contributed by atoms with van der Waals surface area (Å²) in [4.78, 5) is 18.7. The lowest BCUT2D eigenvalue weighted by atomic mass is 10.2. The number of carboxylic acids is 1. The Kier molecular flexibility index (Phi) is 5.02. The van der Waals surface area contributed by atoms with Gasteiger partial charge in [-0.15, -0.1) is 0 Å². The van der Waals surface area contributed by atoms with Crippen LogP contribution in [0.1, 0.15) is 22.5 Å². The Hall–Kier alpha value is -1.50. The predicted molar refractivity (Wildman–Crippen MR) is 65.8 cm³/mol. The van der Waals surface area contributed by atoms with E-state index in [1.807, 2.05) is 0 Å². The molecule has 0 radical (unpaired) electrons. The molecule has 0 fully saturated rings. The van der Waals surface area contributed by atoms with Gasteiger partial charge < -0.3 is 10.4 Å². The summed E-state index contributed by atoms with van der Waals surface area (Å²) in [6.07, 6.45) is 3.69. The van der Waals surface area contributed by atoms with Crippen LogP contribution < -0.4 is 5.32 Å². The third-order valence-electron chi connectivity index (χ3n) is 2.10. The van der Waals surface area contributed by atoms with Gasteiger partial charge in [-0.25, -0.2) is 14.8 Å². The minimum absolute atomic E-state index is 0.102. The molecule has 7 heteroatoms.